The Balaban J connectivity index is 1.77. The number of amides is 1. The van der Waals surface area contributed by atoms with Gasteiger partial charge in [-0.1, -0.05) is 13.8 Å². The quantitative estimate of drug-likeness (QED) is 0.330. The molecule has 2 N–H and O–H groups in total. The van der Waals surface area contributed by atoms with Crippen LogP contribution in [-0.2, 0) is 16.1 Å². The van der Waals surface area contributed by atoms with E-state index in [9.17, 15) is 14.7 Å². The molecule has 2 aromatic heterocycles. The van der Waals surface area contributed by atoms with Gasteiger partial charge in [0.05, 0.1) is 24.8 Å². The van der Waals surface area contributed by atoms with Crippen molar-refractivity contribution >= 4 is 17.4 Å². The third-order valence-corrected chi connectivity index (χ3v) is 5.71. The highest BCUT2D eigenvalue weighted by molar-refractivity contribution is 6.46. The summed E-state index contributed by atoms with van der Waals surface area (Å²) in [4.78, 5) is 34.8. The number of aromatic nitrogens is 2. The molecule has 1 aliphatic heterocycles. The zero-order valence-electron chi connectivity index (χ0n) is 19.5. The Morgan fingerprint density at radius 1 is 1.18 bits per heavy atom. The number of carbonyl (C=O) groups is 2. The van der Waals surface area contributed by atoms with Crippen molar-refractivity contribution in [2.45, 2.75) is 33.4 Å². The van der Waals surface area contributed by atoms with Crippen LogP contribution in [0, 0.1) is 12.8 Å². The predicted molar refractivity (Wildman–Crippen MR) is 127 cm³/mol. The van der Waals surface area contributed by atoms with Crippen molar-refractivity contribution < 1.29 is 24.4 Å². The fourth-order valence-electron chi connectivity index (χ4n) is 4.03. The second-order valence-corrected chi connectivity index (χ2v) is 8.80. The molecule has 1 amide bonds. The Morgan fingerprint density at radius 3 is 2.59 bits per heavy atom. The first-order valence-electron chi connectivity index (χ1n) is 11.2. The van der Waals surface area contributed by atoms with Crippen molar-refractivity contribution in [3.63, 3.8) is 0 Å². The van der Waals surface area contributed by atoms with Gasteiger partial charge in [-0.05, 0) is 60.4 Å². The fraction of sp³-hybridized carbons (Fsp3) is 0.259. The van der Waals surface area contributed by atoms with E-state index in [1.807, 2.05) is 19.1 Å². The van der Waals surface area contributed by atoms with Gasteiger partial charge < -0.3 is 14.7 Å². The number of aliphatic hydroxyl groups excluding tert-OH is 1. The number of carbonyl (C=O) groups excluding carboxylic acids is 2. The van der Waals surface area contributed by atoms with Crippen LogP contribution >= 0.6 is 0 Å². The van der Waals surface area contributed by atoms with Gasteiger partial charge in [-0.2, -0.15) is 0 Å². The topological polar surface area (TPSA) is 93.9 Å². The Hall–Kier alpha value is -4.00. The number of hydrogen-bond acceptors (Lipinski definition) is 5. The van der Waals surface area contributed by atoms with E-state index in [1.54, 1.807) is 55.1 Å². The lowest BCUT2D eigenvalue weighted by atomic mass is 9.95. The molecule has 3 heterocycles. The molecule has 0 spiro atoms. The zero-order valence-corrected chi connectivity index (χ0v) is 19.5. The molecule has 34 heavy (non-hydrogen) atoms. The number of aryl methyl sites for hydroxylation is 1. The minimum atomic E-state index is -0.736. The van der Waals surface area contributed by atoms with E-state index in [0.717, 1.165) is 16.9 Å². The fourth-order valence-corrected chi connectivity index (χ4v) is 4.03. The first kappa shape index (κ1) is 23.2. The number of aromatic amines is 1. The largest absolute Gasteiger partial charge is 0.507 e. The highest BCUT2D eigenvalue weighted by atomic mass is 16.5. The number of likely N-dealkylation sites (tertiary alicyclic amines) is 1. The van der Waals surface area contributed by atoms with E-state index in [1.165, 1.54) is 4.90 Å². The molecule has 0 bridgehead atoms. The average Bonchev–Trinajstić information content (AvgIpc) is 3.09. The van der Waals surface area contributed by atoms with Crippen LogP contribution in [0.2, 0.25) is 0 Å². The van der Waals surface area contributed by atoms with Crippen molar-refractivity contribution in [1.29, 1.82) is 0 Å². The second kappa shape index (κ2) is 9.87. The number of ketones is 1. The standard InChI is InChI=1S/C27H27N3O4/c1-17(2)16-34-22-7-6-21(13-18(22)3)25(31)23-24(20-8-11-28-12-9-20)30(27(33)26(23)32)15-19-5-4-10-29-14-19/h4-14,17,24,31H,15-16H2,1-3H3/p+1. The van der Waals surface area contributed by atoms with Crippen LogP contribution in [0.5, 0.6) is 5.75 Å². The third-order valence-electron chi connectivity index (χ3n) is 5.71. The summed E-state index contributed by atoms with van der Waals surface area (Å²) in [5, 5.41) is 11.3. The summed E-state index contributed by atoms with van der Waals surface area (Å²) in [5.41, 5.74) is 2.89. The van der Waals surface area contributed by atoms with Crippen LogP contribution in [0.25, 0.3) is 5.76 Å². The van der Waals surface area contributed by atoms with E-state index in [-0.39, 0.29) is 17.9 Å². The highest BCUT2D eigenvalue weighted by Gasteiger charge is 2.46. The van der Waals surface area contributed by atoms with E-state index < -0.39 is 17.7 Å². The minimum absolute atomic E-state index is 0.0614. The highest BCUT2D eigenvalue weighted by Crippen LogP contribution is 2.40. The average molecular weight is 459 g/mol. The second-order valence-electron chi connectivity index (χ2n) is 8.80. The van der Waals surface area contributed by atoms with Crippen LogP contribution in [0.15, 0.2) is 72.8 Å². The molecule has 7 nitrogen and oxygen atoms in total. The van der Waals surface area contributed by atoms with Gasteiger partial charge in [-0.15, -0.1) is 0 Å². The number of rotatable bonds is 7. The summed E-state index contributed by atoms with van der Waals surface area (Å²) >= 11 is 0. The van der Waals surface area contributed by atoms with Gasteiger partial charge in [0.2, 0.25) is 0 Å². The first-order valence-corrected chi connectivity index (χ1v) is 11.2. The zero-order chi connectivity index (χ0) is 24.2. The summed E-state index contributed by atoms with van der Waals surface area (Å²) in [6.45, 7) is 6.82. The number of hydrogen-bond donors (Lipinski definition) is 1. The van der Waals surface area contributed by atoms with Crippen molar-refractivity contribution in [1.82, 2.24) is 9.88 Å². The van der Waals surface area contributed by atoms with E-state index in [2.05, 4.69) is 23.8 Å². The SMILES string of the molecule is Cc1cc(C(O)=C2C(=O)C(=O)N(Cc3ccc[nH+]c3)C2c2ccncc2)ccc1OCC(C)C. The summed E-state index contributed by atoms with van der Waals surface area (Å²) in [6, 6.07) is 11.7. The lowest BCUT2D eigenvalue weighted by molar-refractivity contribution is -0.378. The summed E-state index contributed by atoms with van der Waals surface area (Å²) in [7, 11) is 0. The van der Waals surface area contributed by atoms with Crippen molar-refractivity contribution in [2.24, 2.45) is 5.92 Å². The van der Waals surface area contributed by atoms with E-state index in [4.69, 9.17) is 4.74 Å². The molecule has 0 aliphatic carbocycles. The number of H-pyrrole nitrogens is 1. The van der Waals surface area contributed by atoms with Gasteiger partial charge in [-0.3, -0.25) is 14.6 Å². The van der Waals surface area contributed by atoms with Gasteiger partial charge in [-0.25, -0.2) is 4.98 Å². The Morgan fingerprint density at radius 2 is 1.94 bits per heavy atom. The minimum Gasteiger partial charge on any atom is -0.507 e. The van der Waals surface area contributed by atoms with Crippen LogP contribution < -0.4 is 9.72 Å². The van der Waals surface area contributed by atoms with Crippen molar-refractivity contribution in [2.75, 3.05) is 6.61 Å². The molecule has 1 aliphatic rings. The Labute approximate surface area is 198 Å². The Bertz CT molecular complexity index is 1220. The van der Waals surface area contributed by atoms with Crippen LogP contribution in [-0.4, -0.2) is 33.3 Å². The predicted octanol–water partition coefficient (Wildman–Crippen LogP) is 3.86. The molecular weight excluding hydrogens is 430 g/mol. The molecule has 1 fully saturated rings. The number of nitrogens with one attached hydrogen (secondary N) is 1. The molecule has 0 saturated carbocycles. The monoisotopic (exact) mass is 458 g/mol. The summed E-state index contributed by atoms with van der Waals surface area (Å²) < 4.78 is 5.83. The lowest BCUT2D eigenvalue weighted by Crippen LogP contribution is -2.29. The molecule has 0 radical (unpaired) electrons. The molecule has 1 unspecified atom stereocenters. The molecule has 3 aromatic rings. The number of Topliss-reactive ketones (excluding diaryl/α,β-unsaturated/α-hetero) is 1. The molecule has 1 atom stereocenters. The summed E-state index contributed by atoms with van der Waals surface area (Å²) in [5.74, 6) is -0.471. The normalized spacial score (nSPS) is 17.4. The van der Waals surface area contributed by atoms with Crippen LogP contribution in [0.4, 0.5) is 0 Å². The molecule has 4 rings (SSSR count). The Kier molecular flexibility index (Phi) is 6.72. The smallest absolute Gasteiger partial charge is 0.295 e. The van der Waals surface area contributed by atoms with Crippen molar-refractivity contribution in [3.05, 3.63) is 95.1 Å². The van der Waals surface area contributed by atoms with Crippen LogP contribution in [0.1, 0.15) is 42.1 Å². The van der Waals surface area contributed by atoms with E-state index in [0.29, 0.717) is 23.7 Å². The number of ether oxygens (including phenoxy) is 1. The van der Waals surface area contributed by atoms with Crippen molar-refractivity contribution in [3.8, 4) is 5.75 Å². The first-order chi connectivity index (χ1) is 16.4. The molecule has 174 valence electrons. The summed E-state index contributed by atoms with van der Waals surface area (Å²) in [6.07, 6.45) is 6.77. The number of pyridine rings is 2. The third kappa shape index (κ3) is 4.69. The van der Waals surface area contributed by atoms with E-state index >= 15 is 0 Å². The number of aliphatic hydroxyl groups is 1. The van der Waals surface area contributed by atoms with Gasteiger partial charge >= 0.3 is 0 Å². The lowest BCUT2D eigenvalue weighted by Gasteiger charge is -2.24. The number of nitrogens with zero attached hydrogens (tertiary/aromatic N) is 2. The van der Waals surface area contributed by atoms with Gasteiger partial charge in [0.15, 0.2) is 12.4 Å². The van der Waals surface area contributed by atoms with Crippen LogP contribution in [0.3, 0.4) is 0 Å². The van der Waals surface area contributed by atoms with Gasteiger partial charge in [0.1, 0.15) is 11.5 Å². The van der Waals surface area contributed by atoms with Gasteiger partial charge in [0, 0.05) is 29.6 Å². The number of benzene rings is 1. The van der Waals surface area contributed by atoms with Gasteiger partial charge in [0.25, 0.3) is 11.7 Å². The molecule has 1 saturated heterocycles. The molecule has 7 heteroatoms. The molecular formula is C27H28N3O4+. The maximum atomic E-state index is 13.2. The maximum Gasteiger partial charge on any atom is 0.295 e. The molecule has 1 aromatic carbocycles. The maximum absolute atomic E-state index is 13.2.